The lowest BCUT2D eigenvalue weighted by Crippen LogP contribution is -2.10. The highest BCUT2D eigenvalue weighted by molar-refractivity contribution is 6.36. The summed E-state index contributed by atoms with van der Waals surface area (Å²) >= 11 is 12.4. The molecule has 6 nitrogen and oxygen atoms in total. The summed E-state index contributed by atoms with van der Waals surface area (Å²) in [6, 6.07) is 5.17. The summed E-state index contributed by atoms with van der Waals surface area (Å²) in [5.41, 5.74) is 9.28. The van der Waals surface area contributed by atoms with Gasteiger partial charge < -0.3 is 20.1 Å². The number of carbonyl (C=O) groups is 1. The molecule has 0 spiro atoms. The van der Waals surface area contributed by atoms with E-state index in [0.29, 0.717) is 26.6 Å². The zero-order chi connectivity index (χ0) is 19.0. The SMILES string of the molecule is COC(=O)Cn1cc2c(-c3ccc(Cl)cc3Cl)c(CN)c(C)nc2c1O. The standard InChI is InChI=1S/C18H17Cl2N3O3/c1-9-12(6-21)16(11-4-3-10(19)5-14(11)20)13-7-23(8-15(24)26-2)18(25)17(13)22-9/h3-5,7,25H,6,8,21H2,1-2H3. The minimum absolute atomic E-state index is 0.122. The molecular formula is C18H17Cl2N3O3. The van der Waals surface area contributed by atoms with Crippen molar-refractivity contribution in [2.75, 3.05) is 7.11 Å². The quantitative estimate of drug-likeness (QED) is 0.660. The number of nitrogens with two attached hydrogens (primary N) is 1. The molecule has 0 aliphatic heterocycles. The number of hydrogen-bond acceptors (Lipinski definition) is 5. The molecule has 0 bridgehead atoms. The van der Waals surface area contributed by atoms with Gasteiger partial charge in [-0.05, 0) is 24.6 Å². The number of halogens is 2. The first kappa shape index (κ1) is 18.5. The summed E-state index contributed by atoms with van der Waals surface area (Å²) in [4.78, 5) is 16.1. The van der Waals surface area contributed by atoms with Gasteiger partial charge in [0.05, 0.1) is 7.11 Å². The maximum absolute atomic E-state index is 11.6. The molecule has 0 saturated carbocycles. The first-order valence-electron chi connectivity index (χ1n) is 7.81. The number of methoxy groups -OCH3 is 1. The van der Waals surface area contributed by atoms with Crippen molar-refractivity contribution in [3.8, 4) is 17.0 Å². The van der Waals surface area contributed by atoms with E-state index in [4.69, 9.17) is 28.9 Å². The van der Waals surface area contributed by atoms with Gasteiger partial charge in [-0.2, -0.15) is 0 Å². The van der Waals surface area contributed by atoms with Crippen molar-refractivity contribution < 1.29 is 14.6 Å². The molecule has 2 heterocycles. The van der Waals surface area contributed by atoms with Gasteiger partial charge in [0.15, 0.2) is 0 Å². The third-order valence-electron chi connectivity index (χ3n) is 4.24. The van der Waals surface area contributed by atoms with Crippen molar-refractivity contribution >= 4 is 40.1 Å². The number of benzene rings is 1. The van der Waals surface area contributed by atoms with Crippen LogP contribution in [0.15, 0.2) is 24.4 Å². The predicted octanol–water partition coefficient (Wildman–Crippen LogP) is 3.66. The van der Waals surface area contributed by atoms with Gasteiger partial charge in [0.1, 0.15) is 12.1 Å². The van der Waals surface area contributed by atoms with Crippen LogP contribution in [0.4, 0.5) is 0 Å². The lowest BCUT2D eigenvalue weighted by molar-refractivity contribution is -0.141. The first-order chi connectivity index (χ1) is 12.4. The Kier molecular flexibility index (Phi) is 5.09. The molecule has 0 fully saturated rings. The van der Waals surface area contributed by atoms with Gasteiger partial charge in [-0.15, -0.1) is 0 Å². The molecule has 26 heavy (non-hydrogen) atoms. The number of aromatic nitrogens is 2. The molecule has 0 saturated heterocycles. The normalized spacial score (nSPS) is 11.1. The second-order valence-electron chi connectivity index (χ2n) is 5.80. The molecule has 136 valence electrons. The van der Waals surface area contributed by atoms with Crippen LogP contribution in [0.2, 0.25) is 10.0 Å². The van der Waals surface area contributed by atoms with E-state index in [0.717, 1.165) is 16.7 Å². The largest absolute Gasteiger partial charge is 0.493 e. The number of aryl methyl sites for hydroxylation is 1. The van der Waals surface area contributed by atoms with Crippen molar-refractivity contribution in [3.63, 3.8) is 0 Å². The molecule has 1 aromatic carbocycles. The van der Waals surface area contributed by atoms with Gasteiger partial charge in [-0.25, -0.2) is 4.98 Å². The predicted molar refractivity (Wildman–Crippen MR) is 101 cm³/mol. The molecule has 3 rings (SSSR count). The number of aromatic hydroxyl groups is 1. The minimum Gasteiger partial charge on any atom is -0.493 e. The van der Waals surface area contributed by atoms with Crippen LogP contribution >= 0.6 is 23.2 Å². The van der Waals surface area contributed by atoms with E-state index in [1.54, 1.807) is 24.4 Å². The smallest absolute Gasteiger partial charge is 0.325 e. The van der Waals surface area contributed by atoms with Gasteiger partial charge in [-0.3, -0.25) is 4.79 Å². The summed E-state index contributed by atoms with van der Waals surface area (Å²) in [7, 11) is 1.29. The van der Waals surface area contributed by atoms with Crippen LogP contribution in [0, 0.1) is 6.92 Å². The molecule has 0 radical (unpaired) electrons. The van der Waals surface area contributed by atoms with E-state index in [9.17, 15) is 9.90 Å². The maximum Gasteiger partial charge on any atom is 0.325 e. The molecule has 3 aromatic rings. The van der Waals surface area contributed by atoms with Crippen LogP contribution in [0.3, 0.4) is 0 Å². The summed E-state index contributed by atoms with van der Waals surface area (Å²) in [5, 5.41) is 12.1. The van der Waals surface area contributed by atoms with Crippen molar-refractivity contribution in [1.82, 2.24) is 9.55 Å². The summed E-state index contributed by atoms with van der Waals surface area (Å²) in [5.74, 6) is -0.606. The van der Waals surface area contributed by atoms with Gasteiger partial charge in [0.2, 0.25) is 5.88 Å². The lowest BCUT2D eigenvalue weighted by atomic mass is 9.96. The van der Waals surface area contributed by atoms with E-state index < -0.39 is 5.97 Å². The Bertz CT molecular complexity index is 1010. The highest BCUT2D eigenvalue weighted by Crippen LogP contribution is 2.40. The van der Waals surface area contributed by atoms with Crippen LogP contribution < -0.4 is 5.73 Å². The molecule has 3 N–H and O–H groups in total. The number of esters is 1. The Morgan fingerprint density at radius 2 is 2.12 bits per heavy atom. The Balaban J connectivity index is 2.35. The van der Waals surface area contributed by atoms with Crippen molar-refractivity contribution in [1.29, 1.82) is 0 Å². The van der Waals surface area contributed by atoms with Crippen molar-refractivity contribution in [2.24, 2.45) is 5.73 Å². The molecular weight excluding hydrogens is 377 g/mol. The third-order valence-corrected chi connectivity index (χ3v) is 4.79. The fourth-order valence-electron chi connectivity index (χ4n) is 2.98. The number of fused-ring (bicyclic) bond motifs is 1. The van der Waals surface area contributed by atoms with E-state index in [1.807, 2.05) is 6.92 Å². The zero-order valence-electron chi connectivity index (χ0n) is 14.2. The van der Waals surface area contributed by atoms with Gasteiger partial charge >= 0.3 is 5.97 Å². The Hall–Kier alpha value is -2.28. The fraction of sp³-hybridized carbons (Fsp3) is 0.222. The van der Waals surface area contributed by atoms with Gasteiger partial charge in [-0.1, -0.05) is 29.3 Å². The van der Waals surface area contributed by atoms with Crippen LogP contribution in [-0.4, -0.2) is 27.7 Å². The number of pyridine rings is 1. The summed E-state index contributed by atoms with van der Waals surface area (Å²) < 4.78 is 6.06. The van der Waals surface area contributed by atoms with E-state index in [1.165, 1.54) is 11.7 Å². The third kappa shape index (κ3) is 3.11. The Morgan fingerprint density at radius 1 is 1.38 bits per heavy atom. The zero-order valence-corrected chi connectivity index (χ0v) is 15.7. The molecule has 0 amide bonds. The first-order valence-corrected chi connectivity index (χ1v) is 8.56. The van der Waals surface area contributed by atoms with Gasteiger partial charge in [0.25, 0.3) is 0 Å². The van der Waals surface area contributed by atoms with Crippen LogP contribution in [-0.2, 0) is 22.6 Å². The van der Waals surface area contributed by atoms with Crippen molar-refractivity contribution in [3.05, 3.63) is 45.7 Å². The Morgan fingerprint density at radius 3 is 2.73 bits per heavy atom. The number of rotatable bonds is 4. The maximum atomic E-state index is 11.6. The Labute approximate surface area is 160 Å². The second-order valence-corrected chi connectivity index (χ2v) is 6.64. The summed E-state index contributed by atoms with van der Waals surface area (Å²) in [6.45, 7) is 1.92. The van der Waals surface area contributed by atoms with E-state index in [-0.39, 0.29) is 19.0 Å². The molecule has 2 aromatic heterocycles. The highest BCUT2D eigenvalue weighted by Gasteiger charge is 2.21. The molecule has 0 unspecified atom stereocenters. The number of nitrogens with zero attached hydrogens (tertiary/aromatic N) is 2. The molecule has 0 aliphatic rings. The van der Waals surface area contributed by atoms with E-state index >= 15 is 0 Å². The van der Waals surface area contributed by atoms with Crippen LogP contribution in [0.1, 0.15) is 11.3 Å². The van der Waals surface area contributed by atoms with Crippen LogP contribution in [0.25, 0.3) is 22.0 Å². The number of hydrogen-bond donors (Lipinski definition) is 2. The minimum atomic E-state index is -0.484. The highest BCUT2D eigenvalue weighted by atomic mass is 35.5. The fourth-order valence-corrected chi connectivity index (χ4v) is 3.48. The van der Waals surface area contributed by atoms with Crippen LogP contribution in [0.5, 0.6) is 5.88 Å². The molecule has 0 atom stereocenters. The average Bonchev–Trinajstić information content (AvgIpc) is 2.90. The van der Waals surface area contributed by atoms with Crippen molar-refractivity contribution in [2.45, 2.75) is 20.0 Å². The number of ether oxygens (including phenoxy) is 1. The average molecular weight is 394 g/mol. The molecule has 8 heteroatoms. The monoisotopic (exact) mass is 393 g/mol. The summed E-state index contributed by atoms with van der Waals surface area (Å²) in [6.07, 6.45) is 1.65. The second kappa shape index (κ2) is 7.15. The molecule has 0 aliphatic carbocycles. The van der Waals surface area contributed by atoms with E-state index in [2.05, 4.69) is 9.72 Å². The van der Waals surface area contributed by atoms with Gasteiger partial charge in [0, 0.05) is 45.0 Å². The number of carbonyl (C=O) groups excluding carboxylic acids is 1. The topological polar surface area (TPSA) is 90.4 Å². The lowest BCUT2D eigenvalue weighted by Gasteiger charge is -2.14.